The molecule has 1 amide bonds. The van der Waals surface area contributed by atoms with Crippen molar-refractivity contribution in [2.45, 2.75) is 6.54 Å². The van der Waals surface area contributed by atoms with Gasteiger partial charge in [0, 0.05) is 11.6 Å². The minimum absolute atomic E-state index is 0.00949. The van der Waals surface area contributed by atoms with Crippen LogP contribution < -0.4 is 5.32 Å². The molecule has 3 rings (SSSR count). The number of hydrogen-bond acceptors (Lipinski definition) is 4. The fourth-order valence-corrected chi connectivity index (χ4v) is 2.13. The highest BCUT2D eigenvalue weighted by Gasteiger charge is 2.13. The van der Waals surface area contributed by atoms with E-state index in [0.717, 1.165) is 5.39 Å². The topological polar surface area (TPSA) is 75.1 Å². The zero-order chi connectivity index (χ0) is 14.7. The van der Waals surface area contributed by atoms with Crippen LogP contribution in [0.4, 0.5) is 0 Å². The van der Waals surface area contributed by atoms with Crippen LogP contribution in [-0.4, -0.2) is 21.2 Å². The summed E-state index contributed by atoms with van der Waals surface area (Å²) in [5.41, 5.74) is 0.906. The molecule has 0 saturated heterocycles. The summed E-state index contributed by atoms with van der Waals surface area (Å²) in [6.07, 6.45) is 1.57. The van der Waals surface area contributed by atoms with E-state index in [9.17, 15) is 9.90 Å². The normalized spacial score (nSPS) is 10.5. The molecule has 21 heavy (non-hydrogen) atoms. The van der Waals surface area contributed by atoms with Crippen LogP contribution in [0.25, 0.3) is 10.8 Å². The SMILES string of the molecule is O=C(NCc1cccnn1)c1ccc2ccccc2c1O. The van der Waals surface area contributed by atoms with Gasteiger partial charge >= 0.3 is 0 Å². The molecule has 5 heteroatoms. The van der Waals surface area contributed by atoms with Gasteiger partial charge < -0.3 is 10.4 Å². The first kappa shape index (κ1) is 13.1. The fraction of sp³-hybridized carbons (Fsp3) is 0.0625. The number of nitrogens with one attached hydrogen (secondary N) is 1. The summed E-state index contributed by atoms with van der Waals surface area (Å²) in [6.45, 7) is 0.263. The summed E-state index contributed by atoms with van der Waals surface area (Å²) < 4.78 is 0. The number of carbonyl (C=O) groups excluding carboxylic acids is 1. The molecule has 0 radical (unpaired) electrons. The van der Waals surface area contributed by atoms with Crippen LogP contribution >= 0.6 is 0 Å². The number of carbonyl (C=O) groups is 1. The van der Waals surface area contributed by atoms with Crippen LogP contribution in [-0.2, 0) is 6.54 Å². The number of benzene rings is 2. The Kier molecular flexibility index (Phi) is 3.47. The molecule has 0 bridgehead atoms. The van der Waals surface area contributed by atoms with E-state index in [0.29, 0.717) is 11.1 Å². The molecule has 1 heterocycles. The Balaban J connectivity index is 1.83. The minimum Gasteiger partial charge on any atom is -0.506 e. The largest absolute Gasteiger partial charge is 0.506 e. The zero-order valence-electron chi connectivity index (χ0n) is 11.2. The first-order valence-electron chi connectivity index (χ1n) is 6.51. The van der Waals surface area contributed by atoms with Crippen molar-refractivity contribution in [3.63, 3.8) is 0 Å². The maximum atomic E-state index is 12.2. The van der Waals surface area contributed by atoms with E-state index < -0.39 is 0 Å². The summed E-state index contributed by atoms with van der Waals surface area (Å²) in [5.74, 6) is -0.353. The molecule has 2 aromatic carbocycles. The summed E-state index contributed by atoms with van der Waals surface area (Å²) in [4.78, 5) is 12.2. The van der Waals surface area contributed by atoms with Crippen LogP contribution in [0.5, 0.6) is 5.75 Å². The summed E-state index contributed by atoms with van der Waals surface area (Å²) in [7, 11) is 0. The highest BCUT2D eigenvalue weighted by atomic mass is 16.3. The van der Waals surface area contributed by atoms with E-state index in [1.807, 2.05) is 24.3 Å². The van der Waals surface area contributed by atoms with E-state index in [1.165, 1.54) is 0 Å². The predicted octanol–water partition coefficient (Wildman–Crippen LogP) is 2.27. The molecule has 0 aliphatic carbocycles. The average Bonchev–Trinajstić information content (AvgIpc) is 2.54. The predicted molar refractivity (Wildman–Crippen MR) is 78.8 cm³/mol. The first-order valence-corrected chi connectivity index (χ1v) is 6.51. The number of nitrogens with zero attached hydrogens (tertiary/aromatic N) is 2. The summed E-state index contributed by atoms with van der Waals surface area (Å²) in [5, 5.41) is 22.1. The van der Waals surface area contributed by atoms with Crippen molar-refractivity contribution in [1.82, 2.24) is 15.5 Å². The second-order valence-electron chi connectivity index (χ2n) is 4.58. The van der Waals surface area contributed by atoms with Gasteiger partial charge in [-0.3, -0.25) is 4.79 Å². The van der Waals surface area contributed by atoms with E-state index in [-0.39, 0.29) is 23.8 Å². The van der Waals surface area contributed by atoms with Crippen molar-refractivity contribution in [3.05, 3.63) is 66.0 Å². The van der Waals surface area contributed by atoms with Crippen LogP contribution in [0.1, 0.15) is 16.1 Å². The Bertz CT molecular complexity index is 788. The smallest absolute Gasteiger partial charge is 0.255 e. The van der Waals surface area contributed by atoms with Gasteiger partial charge in [0.05, 0.1) is 17.8 Å². The second kappa shape index (κ2) is 5.58. The third kappa shape index (κ3) is 2.67. The third-order valence-corrected chi connectivity index (χ3v) is 3.20. The lowest BCUT2D eigenvalue weighted by atomic mass is 10.0. The van der Waals surface area contributed by atoms with Gasteiger partial charge in [0.1, 0.15) is 5.75 Å². The molecule has 0 unspecified atom stereocenters. The van der Waals surface area contributed by atoms with Gasteiger partial charge in [0.25, 0.3) is 5.91 Å². The van der Waals surface area contributed by atoms with Gasteiger partial charge in [-0.1, -0.05) is 30.3 Å². The number of hydrogen-bond donors (Lipinski definition) is 2. The van der Waals surface area contributed by atoms with E-state index in [4.69, 9.17) is 0 Å². The highest BCUT2D eigenvalue weighted by Crippen LogP contribution is 2.28. The molecule has 1 aromatic heterocycles. The third-order valence-electron chi connectivity index (χ3n) is 3.20. The molecule has 5 nitrogen and oxygen atoms in total. The van der Waals surface area contributed by atoms with E-state index >= 15 is 0 Å². The maximum absolute atomic E-state index is 12.2. The van der Waals surface area contributed by atoms with Gasteiger partial charge in [-0.15, -0.1) is 0 Å². The Labute approximate surface area is 121 Å². The molecular weight excluding hydrogens is 266 g/mol. The lowest BCUT2D eigenvalue weighted by molar-refractivity contribution is 0.0948. The molecule has 0 atom stereocenters. The molecule has 0 aliphatic heterocycles. The van der Waals surface area contributed by atoms with Crippen molar-refractivity contribution in [1.29, 1.82) is 0 Å². The lowest BCUT2D eigenvalue weighted by Gasteiger charge is -2.08. The van der Waals surface area contributed by atoms with Crippen LogP contribution in [0, 0.1) is 0 Å². The number of fused-ring (bicyclic) bond motifs is 1. The van der Waals surface area contributed by atoms with Gasteiger partial charge in [-0.2, -0.15) is 10.2 Å². The Morgan fingerprint density at radius 3 is 2.76 bits per heavy atom. The summed E-state index contributed by atoms with van der Waals surface area (Å²) >= 11 is 0. The quantitative estimate of drug-likeness (QED) is 0.771. The summed E-state index contributed by atoms with van der Waals surface area (Å²) in [6, 6.07) is 14.3. The van der Waals surface area contributed by atoms with Gasteiger partial charge in [-0.25, -0.2) is 0 Å². The molecular formula is C16H13N3O2. The van der Waals surface area contributed by atoms with Crippen molar-refractivity contribution >= 4 is 16.7 Å². The number of aromatic nitrogens is 2. The monoisotopic (exact) mass is 279 g/mol. The van der Waals surface area contributed by atoms with Crippen molar-refractivity contribution in [3.8, 4) is 5.75 Å². The Morgan fingerprint density at radius 2 is 1.95 bits per heavy atom. The molecule has 0 aliphatic rings. The van der Waals surface area contributed by atoms with Crippen molar-refractivity contribution < 1.29 is 9.90 Å². The molecule has 104 valence electrons. The van der Waals surface area contributed by atoms with E-state index in [1.54, 1.807) is 30.5 Å². The molecule has 0 fully saturated rings. The number of phenols is 1. The second-order valence-corrected chi connectivity index (χ2v) is 4.58. The fourth-order valence-electron chi connectivity index (χ4n) is 2.13. The van der Waals surface area contributed by atoms with Gasteiger partial charge in [-0.05, 0) is 23.6 Å². The Hall–Kier alpha value is -2.95. The lowest BCUT2D eigenvalue weighted by Crippen LogP contribution is -2.23. The minimum atomic E-state index is -0.344. The number of rotatable bonds is 3. The van der Waals surface area contributed by atoms with Crippen LogP contribution in [0.2, 0.25) is 0 Å². The highest BCUT2D eigenvalue weighted by molar-refractivity contribution is 6.03. The van der Waals surface area contributed by atoms with Gasteiger partial charge in [0.2, 0.25) is 0 Å². The van der Waals surface area contributed by atoms with Gasteiger partial charge in [0.15, 0.2) is 0 Å². The molecule has 2 N–H and O–H groups in total. The maximum Gasteiger partial charge on any atom is 0.255 e. The molecule has 3 aromatic rings. The standard InChI is InChI=1S/C16H13N3O2/c20-15-13-6-2-1-4-11(13)7-8-14(15)16(21)17-10-12-5-3-9-18-19-12/h1-9,20H,10H2,(H,17,21). The van der Waals surface area contributed by atoms with Crippen molar-refractivity contribution in [2.75, 3.05) is 0 Å². The molecule has 0 saturated carbocycles. The number of amides is 1. The van der Waals surface area contributed by atoms with Crippen LogP contribution in [0.3, 0.4) is 0 Å². The zero-order valence-corrected chi connectivity index (χ0v) is 11.2. The van der Waals surface area contributed by atoms with Crippen molar-refractivity contribution in [2.24, 2.45) is 0 Å². The van der Waals surface area contributed by atoms with E-state index in [2.05, 4.69) is 15.5 Å². The Morgan fingerprint density at radius 1 is 1.10 bits per heavy atom. The molecule has 0 spiro atoms. The average molecular weight is 279 g/mol. The van der Waals surface area contributed by atoms with Crippen LogP contribution in [0.15, 0.2) is 54.7 Å². The number of aromatic hydroxyl groups is 1. The number of phenolic OH excluding ortho intramolecular Hbond substituents is 1. The first-order chi connectivity index (χ1) is 10.3.